The molecular weight excluding hydrogens is 322 g/mol. The molecule has 0 aliphatic carbocycles. The second kappa shape index (κ2) is 6.78. The number of aromatic nitrogens is 2. The van der Waals surface area contributed by atoms with Gasteiger partial charge in [-0.25, -0.2) is 9.97 Å². The summed E-state index contributed by atoms with van der Waals surface area (Å²) in [6.07, 6.45) is 6.68. The fourth-order valence-corrected chi connectivity index (χ4v) is 4.71. The van der Waals surface area contributed by atoms with Crippen molar-refractivity contribution in [2.75, 3.05) is 19.7 Å². The molecule has 0 aromatic carbocycles. The van der Waals surface area contributed by atoms with Gasteiger partial charge in [-0.3, -0.25) is 4.90 Å². The Kier molecular flexibility index (Phi) is 4.52. The van der Waals surface area contributed by atoms with E-state index in [0.717, 1.165) is 32.5 Å². The topological polar surface area (TPSA) is 47.5 Å². The SMILES string of the molecule is Cc1ccc(CN2CCCC3(CC(Oc4ncccn4)CO3)C2)s1. The highest BCUT2D eigenvalue weighted by atomic mass is 32.1. The summed E-state index contributed by atoms with van der Waals surface area (Å²) in [4.78, 5) is 13.6. The maximum absolute atomic E-state index is 6.22. The van der Waals surface area contributed by atoms with Crippen LogP contribution in [0.3, 0.4) is 0 Å². The lowest BCUT2D eigenvalue weighted by molar-refractivity contribution is -0.0536. The van der Waals surface area contributed by atoms with Crippen molar-refractivity contribution in [2.45, 2.75) is 44.4 Å². The van der Waals surface area contributed by atoms with Gasteiger partial charge in [0.05, 0.1) is 12.2 Å². The van der Waals surface area contributed by atoms with Crippen molar-refractivity contribution >= 4 is 11.3 Å². The van der Waals surface area contributed by atoms with Crippen LogP contribution in [0.2, 0.25) is 0 Å². The van der Waals surface area contributed by atoms with E-state index in [0.29, 0.717) is 12.6 Å². The summed E-state index contributed by atoms with van der Waals surface area (Å²) in [6.45, 7) is 5.95. The van der Waals surface area contributed by atoms with E-state index < -0.39 is 0 Å². The first-order valence-corrected chi connectivity index (χ1v) is 9.38. The van der Waals surface area contributed by atoms with Crippen molar-refractivity contribution < 1.29 is 9.47 Å². The van der Waals surface area contributed by atoms with Crippen LogP contribution in [0.1, 0.15) is 29.0 Å². The molecule has 128 valence electrons. The third-order valence-electron chi connectivity index (χ3n) is 4.78. The second-order valence-corrected chi connectivity index (χ2v) is 8.17. The van der Waals surface area contributed by atoms with Gasteiger partial charge in [0.2, 0.25) is 0 Å². The minimum Gasteiger partial charge on any atom is -0.458 e. The number of hydrogen-bond acceptors (Lipinski definition) is 6. The molecule has 2 saturated heterocycles. The summed E-state index contributed by atoms with van der Waals surface area (Å²) < 4.78 is 12.1. The van der Waals surface area contributed by atoms with Crippen LogP contribution >= 0.6 is 11.3 Å². The molecule has 2 atom stereocenters. The summed E-state index contributed by atoms with van der Waals surface area (Å²) in [5.41, 5.74) is -0.0655. The van der Waals surface area contributed by atoms with E-state index in [1.165, 1.54) is 16.2 Å². The zero-order valence-electron chi connectivity index (χ0n) is 14.0. The van der Waals surface area contributed by atoms with Gasteiger partial charge in [0.25, 0.3) is 0 Å². The predicted octanol–water partition coefficient (Wildman–Crippen LogP) is 3.05. The lowest BCUT2D eigenvalue weighted by atomic mass is 9.89. The molecule has 6 heteroatoms. The first-order chi connectivity index (χ1) is 11.7. The third-order valence-corrected chi connectivity index (χ3v) is 5.77. The van der Waals surface area contributed by atoms with Crippen LogP contribution in [0, 0.1) is 6.92 Å². The van der Waals surface area contributed by atoms with Crippen molar-refractivity contribution in [3.05, 3.63) is 40.3 Å². The predicted molar refractivity (Wildman–Crippen MR) is 93.3 cm³/mol. The maximum Gasteiger partial charge on any atom is 0.316 e. The highest BCUT2D eigenvalue weighted by molar-refractivity contribution is 7.11. The number of nitrogens with zero attached hydrogens (tertiary/aromatic N) is 3. The van der Waals surface area contributed by atoms with Gasteiger partial charge in [0.1, 0.15) is 6.10 Å². The number of hydrogen-bond donors (Lipinski definition) is 0. The standard InChI is InChI=1S/C18H23N3O2S/c1-14-4-5-16(24-14)11-21-9-2-6-18(13-21)10-15(12-22-18)23-17-19-7-3-8-20-17/h3-5,7-8,15H,2,6,9-13H2,1H3. The Morgan fingerprint density at radius 1 is 1.38 bits per heavy atom. The van der Waals surface area contributed by atoms with Crippen LogP contribution < -0.4 is 4.74 Å². The molecule has 2 aromatic heterocycles. The van der Waals surface area contributed by atoms with Crippen LogP contribution in [-0.4, -0.2) is 46.3 Å². The normalized spacial score (nSPS) is 27.6. The third kappa shape index (κ3) is 3.61. The van der Waals surface area contributed by atoms with Crippen LogP contribution in [0.15, 0.2) is 30.6 Å². The lowest BCUT2D eigenvalue weighted by Crippen LogP contribution is -2.47. The van der Waals surface area contributed by atoms with Crippen molar-refractivity contribution in [3.63, 3.8) is 0 Å². The van der Waals surface area contributed by atoms with Crippen LogP contribution in [0.5, 0.6) is 6.01 Å². The van der Waals surface area contributed by atoms with Crippen molar-refractivity contribution in [1.82, 2.24) is 14.9 Å². The highest BCUT2D eigenvalue weighted by Gasteiger charge is 2.44. The minimum absolute atomic E-state index is 0.0522. The van der Waals surface area contributed by atoms with E-state index >= 15 is 0 Å². The quantitative estimate of drug-likeness (QED) is 0.852. The molecule has 0 N–H and O–H groups in total. The second-order valence-electron chi connectivity index (χ2n) is 6.80. The molecule has 2 unspecified atom stereocenters. The molecule has 2 aromatic rings. The van der Waals surface area contributed by atoms with Gasteiger partial charge >= 0.3 is 6.01 Å². The van der Waals surface area contributed by atoms with Gasteiger partial charge < -0.3 is 9.47 Å². The summed E-state index contributed by atoms with van der Waals surface area (Å²) >= 11 is 1.89. The van der Waals surface area contributed by atoms with E-state index in [2.05, 4.69) is 33.9 Å². The minimum atomic E-state index is -0.0655. The summed E-state index contributed by atoms with van der Waals surface area (Å²) in [6, 6.07) is 6.69. The molecule has 24 heavy (non-hydrogen) atoms. The molecule has 0 bridgehead atoms. The molecule has 5 nitrogen and oxygen atoms in total. The first-order valence-electron chi connectivity index (χ1n) is 8.56. The summed E-state index contributed by atoms with van der Waals surface area (Å²) in [5, 5.41) is 0. The van der Waals surface area contributed by atoms with Crippen LogP contribution in [0.25, 0.3) is 0 Å². The van der Waals surface area contributed by atoms with E-state index in [9.17, 15) is 0 Å². The Morgan fingerprint density at radius 2 is 2.25 bits per heavy atom. The monoisotopic (exact) mass is 345 g/mol. The number of aryl methyl sites for hydroxylation is 1. The Balaban J connectivity index is 1.36. The van der Waals surface area contributed by atoms with Gasteiger partial charge in [0.15, 0.2) is 0 Å². The van der Waals surface area contributed by atoms with E-state index in [4.69, 9.17) is 9.47 Å². The molecule has 0 saturated carbocycles. The van der Waals surface area contributed by atoms with Gasteiger partial charge in [-0.15, -0.1) is 11.3 Å². The Morgan fingerprint density at radius 3 is 3.04 bits per heavy atom. The number of thiophene rings is 1. The lowest BCUT2D eigenvalue weighted by Gasteiger charge is -2.39. The fourth-order valence-electron chi connectivity index (χ4n) is 3.77. The van der Waals surface area contributed by atoms with Crippen molar-refractivity contribution in [1.29, 1.82) is 0 Å². The van der Waals surface area contributed by atoms with E-state index in [1.54, 1.807) is 18.5 Å². The van der Waals surface area contributed by atoms with E-state index in [-0.39, 0.29) is 11.7 Å². The molecule has 2 aliphatic heterocycles. The average Bonchev–Trinajstić information content (AvgIpc) is 3.15. The smallest absolute Gasteiger partial charge is 0.316 e. The van der Waals surface area contributed by atoms with Crippen LogP contribution in [-0.2, 0) is 11.3 Å². The first kappa shape index (κ1) is 16.0. The summed E-state index contributed by atoms with van der Waals surface area (Å²) in [5.74, 6) is 0. The molecule has 4 rings (SSSR count). The van der Waals surface area contributed by atoms with Gasteiger partial charge in [0, 0.05) is 41.7 Å². The van der Waals surface area contributed by atoms with Gasteiger partial charge in [-0.1, -0.05) is 0 Å². The molecule has 4 heterocycles. The molecule has 0 amide bonds. The molecule has 0 radical (unpaired) electrons. The Bertz CT molecular complexity index is 678. The van der Waals surface area contributed by atoms with E-state index in [1.807, 2.05) is 11.3 Å². The fraction of sp³-hybridized carbons (Fsp3) is 0.556. The average molecular weight is 345 g/mol. The maximum atomic E-state index is 6.22. The molecule has 2 fully saturated rings. The number of ether oxygens (including phenoxy) is 2. The molecular formula is C18H23N3O2S. The number of rotatable bonds is 4. The largest absolute Gasteiger partial charge is 0.458 e. The van der Waals surface area contributed by atoms with Crippen molar-refractivity contribution in [3.8, 4) is 6.01 Å². The van der Waals surface area contributed by atoms with Crippen molar-refractivity contribution in [2.24, 2.45) is 0 Å². The zero-order chi connectivity index (χ0) is 16.4. The Labute approximate surface area is 146 Å². The van der Waals surface area contributed by atoms with Gasteiger partial charge in [-0.05, 0) is 44.5 Å². The summed E-state index contributed by atoms with van der Waals surface area (Å²) in [7, 11) is 0. The zero-order valence-corrected chi connectivity index (χ0v) is 14.8. The number of piperidine rings is 1. The van der Waals surface area contributed by atoms with Gasteiger partial charge in [-0.2, -0.15) is 0 Å². The Hall–Kier alpha value is -1.50. The number of likely N-dealkylation sites (tertiary alicyclic amines) is 1. The highest BCUT2D eigenvalue weighted by Crippen LogP contribution is 2.36. The molecule has 2 aliphatic rings. The van der Waals surface area contributed by atoms with Crippen LogP contribution in [0.4, 0.5) is 0 Å². The molecule has 1 spiro atoms.